The molecule has 1 heterocycles. The molecule has 0 aliphatic carbocycles. The predicted octanol–water partition coefficient (Wildman–Crippen LogP) is 4.38. The van der Waals surface area contributed by atoms with E-state index in [4.69, 9.17) is 4.74 Å². The van der Waals surface area contributed by atoms with Crippen LogP contribution in [0.2, 0.25) is 0 Å². The molecular formula is C16H23NO2. The van der Waals surface area contributed by atoms with Gasteiger partial charge in [0.05, 0.1) is 0 Å². The summed E-state index contributed by atoms with van der Waals surface area (Å²) >= 11 is 0. The molecule has 0 radical (unpaired) electrons. The van der Waals surface area contributed by atoms with Crippen molar-refractivity contribution in [2.24, 2.45) is 0 Å². The number of aryl methyl sites for hydroxylation is 2. The fourth-order valence-electron chi connectivity index (χ4n) is 2.21. The van der Waals surface area contributed by atoms with E-state index in [1.807, 2.05) is 32.0 Å². The van der Waals surface area contributed by atoms with E-state index in [1.54, 1.807) is 0 Å². The molecule has 0 saturated heterocycles. The van der Waals surface area contributed by atoms with Gasteiger partial charge in [0.2, 0.25) is 0 Å². The van der Waals surface area contributed by atoms with E-state index in [9.17, 15) is 4.79 Å². The molecule has 3 heteroatoms. The maximum Gasteiger partial charge on any atom is 0.308 e. The van der Waals surface area contributed by atoms with Gasteiger partial charge in [0.25, 0.3) is 0 Å². The lowest BCUT2D eigenvalue weighted by Gasteiger charge is -2.05. The van der Waals surface area contributed by atoms with Crippen molar-refractivity contribution in [1.82, 2.24) is 4.98 Å². The Morgan fingerprint density at radius 3 is 2.58 bits per heavy atom. The number of hydrogen-bond donors (Lipinski definition) is 1. The number of ether oxygens (including phenoxy) is 1. The first-order valence-electron chi connectivity index (χ1n) is 6.92. The molecule has 0 saturated carbocycles. The van der Waals surface area contributed by atoms with E-state index >= 15 is 0 Å². The Morgan fingerprint density at radius 2 is 2.00 bits per heavy atom. The van der Waals surface area contributed by atoms with Crippen LogP contribution in [0.15, 0.2) is 18.2 Å². The molecule has 0 aliphatic heterocycles. The summed E-state index contributed by atoms with van der Waals surface area (Å²) in [5.41, 5.74) is 3.44. The Morgan fingerprint density at radius 1 is 1.32 bits per heavy atom. The number of carbonyl (C=O) groups excluding carboxylic acids is 1. The van der Waals surface area contributed by atoms with Crippen LogP contribution in [0, 0.1) is 6.92 Å². The van der Waals surface area contributed by atoms with Crippen molar-refractivity contribution in [2.45, 2.75) is 47.5 Å². The first-order chi connectivity index (χ1) is 9.13. The third-order valence-electron chi connectivity index (χ3n) is 2.86. The molecule has 0 atom stereocenters. The highest BCUT2D eigenvalue weighted by Gasteiger charge is 2.13. The molecule has 19 heavy (non-hydrogen) atoms. The average Bonchev–Trinajstić information content (AvgIpc) is 2.69. The van der Waals surface area contributed by atoms with E-state index in [1.165, 1.54) is 12.5 Å². The molecule has 1 aromatic carbocycles. The monoisotopic (exact) mass is 261 g/mol. The highest BCUT2D eigenvalue weighted by molar-refractivity contribution is 5.92. The average molecular weight is 261 g/mol. The lowest BCUT2D eigenvalue weighted by Crippen LogP contribution is -2.02. The van der Waals surface area contributed by atoms with Gasteiger partial charge in [0.1, 0.15) is 5.75 Å². The zero-order chi connectivity index (χ0) is 14.4. The van der Waals surface area contributed by atoms with Crippen LogP contribution in [0.4, 0.5) is 0 Å². The van der Waals surface area contributed by atoms with Gasteiger partial charge in [-0.15, -0.1) is 0 Å². The summed E-state index contributed by atoms with van der Waals surface area (Å²) in [5, 5.41) is 1.04. The van der Waals surface area contributed by atoms with Gasteiger partial charge in [-0.2, -0.15) is 0 Å². The van der Waals surface area contributed by atoms with Crippen LogP contribution >= 0.6 is 0 Å². The number of H-pyrrole nitrogens is 1. The summed E-state index contributed by atoms with van der Waals surface area (Å²) < 4.78 is 5.27. The number of fused-ring (bicyclic) bond motifs is 1. The molecule has 2 aromatic rings. The minimum absolute atomic E-state index is 0.279. The van der Waals surface area contributed by atoms with Crippen molar-refractivity contribution in [2.75, 3.05) is 0 Å². The fourth-order valence-corrected chi connectivity index (χ4v) is 2.21. The first kappa shape index (κ1) is 15.3. The van der Waals surface area contributed by atoms with Crippen molar-refractivity contribution in [3.63, 3.8) is 0 Å². The number of aromatic amines is 1. The van der Waals surface area contributed by atoms with Crippen LogP contribution in [0.5, 0.6) is 5.75 Å². The molecule has 0 bridgehead atoms. The Balaban J connectivity index is 0.000000861. The van der Waals surface area contributed by atoms with Crippen molar-refractivity contribution >= 4 is 16.9 Å². The highest BCUT2D eigenvalue weighted by Crippen LogP contribution is 2.31. The molecule has 1 aromatic heterocycles. The summed E-state index contributed by atoms with van der Waals surface area (Å²) in [6.45, 7) is 9.63. The van der Waals surface area contributed by atoms with Gasteiger partial charge in [-0.25, -0.2) is 0 Å². The van der Waals surface area contributed by atoms with Crippen LogP contribution < -0.4 is 4.74 Å². The molecule has 2 rings (SSSR count). The second kappa shape index (κ2) is 6.98. The van der Waals surface area contributed by atoms with Gasteiger partial charge < -0.3 is 9.72 Å². The number of rotatable bonds is 3. The lowest BCUT2D eigenvalue weighted by atomic mass is 10.1. The highest BCUT2D eigenvalue weighted by atomic mass is 16.5. The first-order valence-corrected chi connectivity index (χ1v) is 6.92. The summed E-state index contributed by atoms with van der Waals surface area (Å²) in [6.07, 6.45) is 2.06. The van der Waals surface area contributed by atoms with E-state index < -0.39 is 0 Å². The standard InChI is InChI=1S/C14H17NO2.C2H6/c1-4-6-11-9(2)15-12-7-5-8-13(14(11)12)17-10(3)16;1-2/h5,7-8,15H,4,6H2,1-3H3;1-2H3. The van der Waals surface area contributed by atoms with Crippen LogP contribution in [-0.2, 0) is 11.2 Å². The topological polar surface area (TPSA) is 42.1 Å². The SMILES string of the molecule is CC.CCCc1c(C)[nH]c2cccc(OC(C)=O)c12. The van der Waals surface area contributed by atoms with Crippen LogP contribution in [0.3, 0.4) is 0 Å². The molecule has 1 N–H and O–H groups in total. The summed E-state index contributed by atoms with van der Waals surface area (Å²) in [5.74, 6) is 0.376. The maximum absolute atomic E-state index is 11.1. The number of nitrogens with one attached hydrogen (secondary N) is 1. The quantitative estimate of drug-likeness (QED) is 0.658. The summed E-state index contributed by atoms with van der Waals surface area (Å²) in [4.78, 5) is 14.4. The molecule has 0 unspecified atom stereocenters. The van der Waals surface area contributed by atoms with Gasteiger partial charge in [-0.1, -0.05) is 33.3 Å². The fraction of sp³-hybridized carbons (Fsp3) is 0.438. The molecule has 0 aliphatic rings. The molecule has 3 nitrogen and oxygen atoms in total. The van der Waals surface area contributed by atoms with Gasteiger partial charge in [-0.3, -0.25) is 4.79 Å². The van der Waals surface area contributed by atoms with Crippen molar-refractivity contribution in [3.8, 4) is 5.75 Å². The van der Waals surface area contributed by atoms with Gasteiger partial charge in [0, 0.05) is 23.5 Å². The van der Waals surface area contributed by atoms with Crippen LogP contribution in [-0.4, -0.2) is 11.0 Å². The third-order valence-corrected chi connectivity index (χ3v) is 2.86. The normalized spacial score (nSPS) is 9.95. The molecule has 104 valence electrons. The van der Waals surface area contributed by atoms with Gasteiger partial charge in [0.15, 0.2) is 0 Å². The van der Waals surface area contributed by atoms with Crippen molar-refractivity contribution in [1.29, 1.82) is 0 Å². The number of carbonyl (C=O) groups is 1. The molecular weight excluding hydrogens is 238 g/mol. The van der Waals surface area contributed by atoms with E-state index in [-0.39, 0.29) is 5.97 Å². The Kier molecular flexibility index (Phi) is 5.61. The van der Waals surface area contributed by atoms with E-state index in [0.29, 0.717) is 5.75 Å². The Labute approximate surface area is 115 Å². The molecule has 0 amide bonds. The minimum atomic E-state index is -0.279. The number of esters is 1. The minimum Gasteiger partial charge on any atom is -0.426 e. The third kappa shape index (κ3) is 3.37. The summed E-state index contributed by atoms with van der Waals surface area (Å²) in [6, 6.07) is 5.75. The second-order valence-corrected chi connectivity index (χ2v) is 4.25. The number of hydrogen-bond acceptors (Lipinski definition) is 2. The van der Waals surface area contributed by atoms with Crippen LogP contribution in [0.1, 0.15) is 45.4 Å². The largest absolute Gasteiger partial charge is 0.426 e. The number of aromatic nitrogens is 1. The van der Waals surface area contributed by atoms with Crippen molar-refractivity contribution in [3.05, 3.63) is 29.5 Å². The van der Waals surface area contributed by atoms with E-state index in [0.717, 1.165) is 29.4 Å². The van der Waals surface area contributed by atoms with Gasteiger partial charge >= 0.3 is 5.97 Å². The predicted molar refractivity (Wildman–Crippen MR) is 79.7 cm³/mol. The lowest BCUT2D eigenvalue weighted by molar-refractivity contribution is -0.131. The Hall–Kier alpha value is -1.77. The number of benzene rings is 1. The summed E-state index contributed by atoms with van der Waals surface area (Å²) in [7, 11) is 0. The zero-order valence-electron chi connectivity index (χ0n) is 12.5. The Bertz CT molecular complexity index is 555. The molecule has 0 spiro atoms. The zero-order valence-corrected chi connectivity index (χ0v) is 12.5. The molecule has 0 fully saturated rings. The van der Waals surface area contributed by atoms with Gasteiger partial charge in [-0.05, 0) is 31.0 Å². The van der Waals surface area contributed by atoms with Crippen LogP contribution in [0.25, 0.3) is 10.9 Å². The smallest absolute Gasteiger partial charge is 0.308 e. The van der Waals surface area contributed by atoms with E-state index in [2.05, 4.69) is 18.8 Å². The second-order valence-electron chi connectivity index (χ2n) is 4.25. The maximum atomic E-state index is 11.1. The van der Waals surface area contributed by atoms with Crippen molar-refractivity contribution < 1.29 is 9.53 Å².